The van der Waals surface area contributed by atoms with Crippen LogP contribution >= 0.6 is 0 Å². The Morgan fingerprint density at radius 2 is 1.92 bits per heavy atom. The minimum atomic E-state index is -5.21. The molecule has 9 nitrogen and oxygen atoms in total. The summed E-state index contributed by atoms with van der Waals surface area (Å²) in [7, 11) is 0. The summed E-state index contributed by atoms with van der Waals surface area (Å²) >= 11 is 0. The van der Waals surface area contributed by atoms with E-state index in [0.717, 1.165) is 0 Å². The first-order valence-electron chi connectivity index (χ1n) is 7.10. The second-order valence-electron chi connectivity index (χ2n) is 5.56. The summed E-state index contributed by atoms with van der Waals surface area (Å²) in [5.74, 6) is -2.11. The lowest BCUT2D eigenvalue weighted by molar-refractivity contribution is -0.143. The molecule has 0 saturated carbocycles. The maximum atomic E-state index is 13.8. The molecule has 1 aliphatic rings. The van der Waals surface area contributed by atoms with Crippen molar-refractivity contribution in [1.82, 2.24) is 14.5 Å². The van der Waals surface area contributed by atoms with Gasteiger partial charge in [-0.25, -0.2) is 9.18 Å². The van der Waals surface area contributed by atoms with Crippen LogP contribution in [-0.4, -0.2) is 54.8 Å². The van der Waals surface area contributed by atoms with Crippen LogP contribution in [0.2, 0.25) is 0 Å². The van der Waals surface area contributed by atoms with E-state index in [0.29, 0.717) is 10.8 Å². The largest absolute Gasteiger partial charge is 0.434 e. The van der Waals surface area contributed by atoms with Gasteiger partial charge < -0.3 is 25.0 Å². The molecule has 1 aliphatic heterocycles. The first-order chi connectivity index (χ1) is 12.1. The SMILES string of the molecule is O=c1c(F)c(C(F)(F)F)[nH]c2nc(=O)n(C3OC(CO)C(O)C3O)cc12. The maximum Gasteiger partial charge on any atom is 0.434 e. The number of pyridine rings is 1. The Labute approximate surface area is 140 Å². The summed E-state index contributed by atoms with van der Waals surface area (Å²) in [6.45, 7) is -0.700. The van der Waals surface area contributed by atoms with E-state index >= 15 is 0 Å². The van der Waals surface area contributed by atoms with Crippen LogP contribution in [0.4, 0.5) is 17.6 Å². The number of H-pyrrole nitrogens is 1. The Hall–Kier alpha value is -2.35. The van der Waals surface area contributed by atoms with E-state index in [1.54, 1.807) is 4.98 Å². The second-order valence-corrected chi connectivity index (χ2v) is 5.56. The highest BCUT2D eigenvalue weighted by Crippen LogP contribution is 2.30. The lowest BCUT2D eigenvalue weighted by atomic mass is 10.1. The van der Waals surface area contributed by atoms with Crippen LogP contribution in [0.5, 0.6) is 0 Å². The van der Waals surface area contributed by atoms with Crippen LogP contribution < -0.4 is 11.1 Å². The summed E-state index contributed by atoms with van der Waals surface area (Å²) in [5, 5.41) is 27.9. The molecule has 142 valence electrons. The highest BCUT2D eigenvalue weighted by Gasteiger charge is 2.44. The predicted molar refractivity (Wildman–Crippen MR) is 74.6 cm³/mol. The number of aromatic amines is 1. The van der Waals surface area contributed by atoms with Gasteiger partial charge in [-0.3, -0.25) is 9.36 Å². The molecular weight excluding hydrogens is 370 g/mol. The topological polar surface area (TPSA) is 138 Å². The second kappa shape index (κ2) is 6.12. The van der Waals surface area contributed by atoms with E-state index in [9.17, 15) is 37.4 Å². The third-order valence-corrected chi connectivity index (χ3v) is 3.93. The number of fused-ring (bicyclic) bond motifs is 1. The molecule has 0 aromatic carbocycles. The average Bonchev–Trinajstić information content (AvgIpc) is 2.84. The van der Waals surface area contributed by atoms with E-state index in [1.165, 1.54) is 0 Å². The molecule has 4 atom stereocenters. The number of ether oxygens (including phenoxy) is 1. The van der Waals surface area contributed by atoms with Crippen LogP contribution in [0, 0.1) is 5.82 Å². The van der Waals surface area contributed by atoms with Crippen molar-refractivity contribution >= 4 is 11.0 Å². The molecule has 1 saturated heterocycles. The summed E-state index contributed by atoms with van der Waals surface area (Å²) in [5.41, 5.74) is -5.69. The van der Waals surface area contributed by atoms with Gasteiger partial charge in [-0.15, -0.1) is 0 Å². The van der Waals surface area contributed by atoms with Crippen molar-refractivity contribution in [3.05, 3.63) is 38.4 Å². The molecule has 0 amide bonds. The van der Waals surface area contributed by atoms with Gasteiger partial charge in [0.05, 0.1) is 12.0 Å². The third kappa shape index (κ3) is 2.78. The fraction of sp³-hybridized carbons (Fsp3) is 0.462. The molecule has 2 aromatic heterocycles. The van der Waals surface area contributed by atoms with Gasteiger partial charge in [0.1, 0.15) is 24.0 Å². The van der Waals surface area contributed by atoms with Gasteiger partial charge in [-0.2, -0.15) is 18.2 Å². The molecule has 4 N–H and O–H groups in total. The van der Waals surface area contributed by atoms with E-state index in [1.807, 2.05) is 0 Å². The van der Waals surface area contributed by atoms with Crippen molar-refractivity contribution in [2.45, 2.75) is 30.7 Å². The first kappa shape index (κ1) is 18.4. The molecule has 13 heteroatoms. The number of alkyl halides is 3. The van der Waals surface area contributed by atoms with Crippen molar-refractivity contribution in [3.8, 4) is 0 Å². The standard InChI is InChI=1S/C13H11F4N3O6/c14-5-6(22)3-1-20(11-8(24)7(23)4(2-21)26-11)12(25)19-10(3)18-9(5)13(15,16)17/h1,4,7-8,11,21,23-24H,2H2,(H,18,19,25). The summed E-state index contributed by atoms with van der Waals surface area (Å²) in [6.07, 6.45) is -10.7. The van der Waals surface area contributed by atoms with Crippen molar-refractivity contribution in [2.75, 3.05) is 6.61 Å². The maximum absolute atomic E-state index is 13.8. The zero-order valence-corrected chi connectivity index (χ0v) is 12.6. The Bertz CT molecular complexity index is 971. The van der Waals surface area contributed by atoms with E-state index in [-0.39, 0.29) is 0 Å². The van der Waals surface area contributed by atoms with Gasteiger partial charge in [-0.05, 0) is 0 Å². The molecule has 3 rings (SSSR count). The number of halogens is 4. The Kier molecular flexibility index (Phi) is 4.34. The Morgan fingerprint density at radius 1 is 1.27 bits per heavy atom. The number of aliphatic hydroxyl groups excluding tert-OH is 3. The number of nitrogens with one attached hydrogen (secondary N) is 1. The minimum absolute atomic E-state index is 0.522. The summed E-state index contributed by atoms with van der Waals surface area (Å²) in [6, 6.07) is 0. The van der Waals surface area contributed by atoms with E-state index in [4.69, 9.17) is 9.84 Å². The number of aromatic nitrogens is 3. The monoisotopic (exact) mass is 381 g/mol. The fourth-order valence-corrected chi connectivity index (χ4v) is 2.62. The number of hydrogen-bond acceptors (Lipinski definition) is 7. The zero-order valence-electron chi connectivity index (χ0n) is 12.6. The number of aliphatic hydroxyl groups is 3. The van der Waals surface area contributed by atoms with Crippen LogP contribution in [0.3, 0.4) is 0 Å². The van der Waals surface area contributed by atoms with Crippen LogP contribution in [0.1, 0.15) is 11.9 Å². The fourth-order valence-electron chi connectivity index (χ4n) is 2.62. The van der Waals surface area contributed by atoms with Crippen molar-refractivity contribution < 1.29 is 37.6 Å². The van der Waals surface area contributed by atoms with E-state index in [2.05, 4.69) is 4.98 Å². The highest BCUT2D eigenvalue weighted by atomic mass is 19.4. The predicted octanol–water partition coefficient (Wildman–Crippen LogP) is -1.15. The van der Waals surface area contributed by atoms with Crippen LogP contribution in [0.15, 0.2) is 15.8 Å². The Balaban J connectivity index is 2.19. The van der Waals surface area contributed by atoms with Crippen LogP contribution in [0.25, 0.3) is 11.0 Å². The molecular formula is C13H11F4N3O6. The zero-order chi connectivity index (χ0) is 19.4. The number of rotatable bonds is 2. The Morgan fingerprint density at radius 3 is 2.46 bits per heavy atom. The third-order valence-electron chi connectivity index (χ3n) is 3.93. The van der Waals surface area contributed by atoms with Crippen molar-refractivity contribution in [1.29, 1.82) is 0 Å². The molecule has 0 spiro atoms. The van der Waals surface area contributed by atoms with Gasteiger partial charge in [0.15, 0.2) is 17.7 Å². The van der Waals surface area contributed by atoms with Gasteiger partial charge >= 0.3 is 11.9 Å². The van der Waals surface area contributed by atoms with Crippen molar-refractivity contribution in [2.24, 2.45) is 0 Å². The molecule has 2 aromatic rings. The normalized spacial score (nSPS) is 26.6. The number of nitrogens with zero attached hydrogens (tertiary/aromatic N) is 2. The van der Waals surface area contributed by atoms with Crippen molar-refractivity contribution in [3.63, 3.8) is 0 Å². The average molecular weight is 381 g/mol. The van der Waals surface area contributed by atoms with Crippen LogP contribution in [-0.2, 0) is 10.9 Å². The first-order valence-corrected chi connectivity index (χ1v) is 7.10. The molecule has 3 heterocycles. The minimum Gasteiger partial charge on any atom is -0.394 e. The molecule has 1 fully saturated rings. The lowest BCUT2D eigenvalue weighted by Gasteiger charge is -2.17. The molecule has 0 bridgehead atoms. The van der Waals surface area contributed by atoms with Gasteiger partial charge in [0, 0.05) is 6.20 Å². The smallest absolute Gasteiger partial charge is 0.394 e. The van der Waals surface area contributed by atoms with Gasteiger partial charge in [0.25, 0.3) is 0 Å². The lowest BCUT2D eigenvalue weighted by Crippen LogP contribution is -2.36. The number of hydrogen-bond donors (Lipinski definition) is 4. The molecule has 26 heavy (non-hydrogen) atoms. The molecule has 4 unspecified atom stereocenters. The van der Waals surface area contributed by atoms with Gasteiger partial charge in [0.2, 0.25) is 5.43 Å². The van der Waals surface area contributed by atoms with E-state index < -0.39 is 71.0 Å². The summed E-state index contributed by atoms with van der Waals surface area (Å²) < 4.78 is 57.6. The quantitative estimate of drug-likeness (QED) is 0.482. The highest BCUT2D eigenvalue weighted by molar-refractivity contribution is 5.73. The summed E-state index contributed by atoms with van der Waals surface area (Å²) in [4.78, 5) is 28.8. The molecule has 0 aliphatic carbocycles. The van der Waals surface area contributed by atoms with Gasteiger partial charge in [-0.1, -0.05) is 0 Å². The molecule has 0 radical (unpaired) electrons.